The van der Waals surface area contributed by atoms with Gasteiger partial charge in [-0.1, -0.05) is 6.08 Å². The average Bonchev–Trinajstić information content (AvgIpc) is 2.17. The third-order valence-electron chi connectivity index (χ3n) is 1.29. The van der Waals surface area contributed by atoms with Gasteiger partial charge in [0.05, 0.1) is 6.61 Å². The summed E-state index contributed by atoms with van der Waals surface area (Å²) in [5.74, 6) is 0. The first kappa shape index (κ1) is 5.79. The van der Waals surface area contributed by atoms with E-state index in [9.17, 15) is 0 Å². The molecule has 0 bridgehead atoms. The van der Waals surface area contributed by atoms with Crippen molar-refractivity contribution in [1.82, 2.24) is 0 Å². The van der Waals surface area contributed by atoms with Crippen LogP contribution in [0.4, 0.5) is 0 Å². The summed E-state index contributed by atoms with van der Waals surface area (Å²) in [4.78, 5) is 0. The van der Waals surface area contributed by atoms with Gasteiger partial charge in [-0.15, -0.1) is 6.58 Å². The molecule has 0 aliphatic carbocycles. The molecule has 0 aromatic heterocycles. The minimum absolute atomic E-state index is 0.222. The topological polar surface area (TPSA) is 18.5 Å². The highest BCUT2D eigenvalue weighted by Gasteiger charge is 2.26. The van der Waals surface area contributed by atoms with E-state index in [4.69, 9.17) is 9.47 Å². The lowest BCUT2D eigenvalue weighted by atomic mass is 10.1. The molecule has 1 atom stereocenters. The molecule has 46 valence electrons. The van der Waals surface area contributed by atoms with Crippen molar-refractivity contribution < 1.29 is 9.47 Å². The number of rotatable bonds is 1. The zero-order valence-corrected chi connectivity index (χ0v) is 5.02. The summed E-state index contributed by atoms with van der Waals surface area (Å²) in [5.41, 5.74) is -0.222. The van der Waals surface area contributed by atoms with Crippen LogP contribution in [0.15, 0.2) is 12.7 Å². The molecule has 0 unspecified atom stereocenters. The quantitative estimate of drug-likeness (QED) is 0.472. The first-order valence-corrected chi connectivity index (χ1v) is 2.62. The largest absolute Gasteiger partial charge is 0.352 e. The number of hydrogen-bond donors (Lipinski definition) is 0. The van der Waals surface area contributed by atoms with Crippen LogP contribution in [0.5, 0.6) is 0 Å². The van der Waals surface area contributed by atoms with Gasteiger partial charge in [-0.2, -0.15) is 0 Å². The molecule has 0 amide bonds. The summed E-state index contributed by atoms with van der Waals surface area (Å²) in [5, 5.41) is 0. The standard InChI is InChI=1S/C6H10O2/c1-3-6(2)4-7-5-8-6/h3H,1,4-5H2,2H3/t6-/m0/s1. The van der Waals surface area contributed by atoms with E-state index >= 15 is 0 Å². The second-order valence-corrected chi connectivity index (χ2v) is 2.13. The van der Waals surface area contributed by atoms with Crippen molar-refractivity contribution in [2.75, 3.05) is 13.4 Å². The van der Waals surface area contributed by atoms with E-state index in [1.807, 2.05) is 6.92 Å². The minimum atomic E-state index is -0.222. The molecule has 0 radical (unpaired) electrons. The lowest BCUT2D eigenvalue weighted by Gasteiger charge is -2.13. The van der Waals surface area contributed by atoms with Crippen LogP contribution in [0.25, 0.3) is 0 Å². The van der Waals surface area contributed by atoms with Crippen molar-refractivity contribution >= 4 is 0 Å². The van der Waals surface area contributed by atoms with Gasteiger partial charge in [0.15, 0.2) is 0 Å². The van der Waals surface area contributed by atoms with Crippen LogP contribution < -0.4 is 0 Å². The molecule has 0 spiro atoms. The molecule has 8 heavy (non-hydrogen) atoms. The summed E-state index contributed by atoms with van der Waals surface area (Å²) in [7, 11) is 0. The Bertz CT molecular complexity index is 92.7. The Morgan fingerprint density at radius 3 is 2.75 bits per heavy atom. The van der Waals surface area contributed by atoms with Gasteiger partial charge in [0.2, 0.25) is 0 Å². The predicted octanol–water partition coefficient (Wildman–Crippen LogP) is 0.935. The summed E-state index contributed by atoms with van der Waals surface area (Å²) in [6.45, 7) is 6.60. The first-order valence-electron chi connectivity index (χ1n) is 2.62. The van der Waals surface area contributed by atoms with E-state index in [0.717, 1.165) is 0 Å². The molecule has 0 aromatic rings. The maximum atomic E-state index is 5.15. The van der Waals surface area contributed by atoms with E-state index in [-0.39, 0.29) is 5.60 Å². The molecular formula is C6H10O2. The van der Waals surface area contributed by atoms with Gasteiger partial charge in [-0.3, -0.25) is 0 Å². The third-order valence-corrected chi connectivity index (χ3v) is 1.29. The molecule has 1 fully saturated rings. The summed E-state index contributed by atoms with van der Waals surface area (Å²) in [6, 6.07) is 0. The molecule has 0 aromatic carbocycles. The number of ether oxygens (including phenoxy) is 2. The van der Waals surface area contributed by atoms with Crippen LogP contribution in [0, 0.1) is 0 Å². The van der Waals surface area contributed by atoms with E-state index in [0.29, 0.717) is 13.4 Å². The van der Waals surface area contributed by atoms with Gasteiger partial charge < -0.3 is 9.47 Å². The lowest BCUT2D eigenvalue weighted by molar-refractivity contribution is 0.0256. The highest BCUT2D eigenvalue weighted by molar-refractivity contribution is 4.94. The molecule has 1 aliphatic rings. The van der Waals surface area contributed by atoms with Crippen molar-refractivity contribution in [2.24, 2.45) is 0 Å². The predicted molar refractivity (Wildman–Crippen MR) is 30.5 cm³/mol. The van der Waals surface area contributed by atoms with Crippen LogP contribution >= 0.6 is 0 Å². The van der Waals surface area contributed by atoms with Gasteiger partial charge >= 0.3 is 0 Å². The summed E-state index contributed by atoms with van der Waals surface area (Å²) >= 11 is 0. The normalized spacial score (nSPS) is 37.6. The lowest BCUT2D eigenvalue weighted by Crippen LogP contribution is -2.22. The van der Waals surface area contributed by atoms with E-state index in [1.165, 1.54) is 0 Å². The highest BCUT2D eigenvalue weighted by Crippen LogP contribution is 2.17. The molecular weight excluding hydrogens is 104 g/mol. The maximum Gasteiger partial charge on any atom is 0.148 e. The molecule has 2 heteroatoms. The molecule has 1 saturated heterocycles. The fraction of sp³-hybridized carbons (Fsp3) is 0.667. The third kappa shape index (κ3) is 0.904. The molecule has 1 heterocycles. The monoisotopic (exact) mass is 114 g/mol. The second-order valence-electron chi connectivity index (χ2n) is 2.13. The molecule has 0 N–H and O–H groups in total. The van der Waals surface area contributed by atoms with Crippen LogP contribution in [-0.2, 0) is 9.47 Å². The highest BCUT2D eigenvalue weighted by atomic mass is 16.7. The first-order chi connectivity index (χ1) is 3.77. The number of hydrogen-bond acceptors (Lipinski definition) is 2. The minimum Gasteiger partial charge on any atom is -0.352 e. The Morgan fingerprint density at radius 1 is 1.75 bits per heavy atom. The van der Waals surface area contributed by atoms with Crippen molar-refractivity contribution in [3.05, 3.63) is 12.7 Å². The Hall–Kier alpha value is -0.340. The van der Waals surface area contributed by atoms with Crippen LogP contribution in [-0.4, -0.2) is 19.0 Å². The summed E-state index contributed by atoms with van der Waals surface area (Å²) in [6.07, 6.45) is 1.76. The van der Waals surface area contributed by atoms with Crippen LogP contribution in [0.1, 0.15) is 6.92 Å². The molecule has 0 saturated carbocycles. The van der Waals surface area contributed by atoms with Crippen molar-refractivity contribution in [3.8, 4) is 0 Å². The van der Waals surface area contributed by atoms with Gasteiger partial charge in [0, 0.05) is 0 Å². The molecule has 1 aliphatic heterocycles. The Kier molecular flexibility index (Phi) is 1.36. The van der Waals surface area contributed by atoms with Gasteiger partial charge in [-0.25, -0.2) is 0 Å². The van der Waals surface area contributed by atoms with Crippen LogP contribution in [0.2, 0.25) is 0 Å². The molecule has 1 rings (SSSR count). The van der Waals surface area contributed by atoms with Gasteiger partial charge in [-0.05, 0) is 6.92 Å². The zero-order chi connectivity index (χ0) is 6.04. The Labute approximate surface area is 49.1 Å². The van der Waals surface area contributed by atoms with Crippen LogP contribution in [0.3, 0.4) is 0 Å². The average molecular weight is 114 g/mol. The van der Waals surface area contributed by atoms with Gasteiger partial charge in [0.25, 0.3) is 0 Å². The SMILES string of the molecule is C=C[C@@]1(C)COCO1. The van der Waals surface area contributed by atoms with E-state index < -0.39 is 0 Å². The van der Waals surface area contributed by atoms with E-state index in [1.54, 1.807) is 6.08 Å². The molecule has 2 nitrogen and oxygen atoms in total. The fourth-order valence-corrected chi connectivity index (χ4v) is 0.580. The Morgan fingerprint density at radius 2 is 2.50 bits per heavy atom. The second kappa shape index (κ2) is 1.88. The van der Waals surface area contributed by atoms with Crippen molar-refractivity contribution in [1.29, 1.82) is 0 Å². The maximum absolute atomic E-state index is 5.15. The summed E-state index contributed by atoms with van der Waals surface area (Å²) < 4.78 is 10.1. The smallest absolute Gasteiger partial charge is 0.148 e. The van der Waals surface area contributed by atoms with Crippen molar-refractivity contribution in [2.45, 2.75) is 12.5 Å². The van der Waals surface area contributed by atoms with E-state index in [2.05, 4.69) is 6.58 Å². The fourth-order valence-electron chi connectivity index (χ4n) is 0.580. The van der Waals surface area contributed by atoms with Crippen molar-refractivity contribution in [3.63, 3.8) is 0 Å². The zero-order valence-electron chi connectivity index (χ0n) is 5.02. The van der Waals surface area contributed by atoms with Gasteiger partial charge in [0.1, 0.15) is 12.4 Å². The Balaban J connectivity index is 2.52.